The number of hydrogen-bond donors (Lipinski definition) is 1. The highest BCUT2D eigenvalue weighted by atomic mass is 28.4. The van der Waals surface area contributed by atoms with Crippen molar-refractivity contribution < 1.29 is 18.0 Å². The molecule has 2 aromatic heterocycles. The van der Waals surface area contributed by atoms with Gasteiger partial charge in [0.15, 0.2) is 48.2 Å². The molecule has 1 saturated heterocycles. The molecule has 0 unspecified atom stereocenters. The minimum atomic E-state index is -2.30. The lowest BCUT2D eigenvalue weighted by molar-refractivity contribution is -0.0470. The van der Waals surface area contributed by atoms with Crippen molar-refractivity contribution in [1.82, 2.24) is 19.5 Å². The molecule has 0 spiro atoms. The third-order valence-electron chi connectivity index (χ3n) is 11.1. The molecule has 0 radical (unpaired) electrons. The molecule has 4 atom stereocenters. The van der Waals surface area contributed by atoms with E-state index < -0.39 is 31.2 Å². The van der Waals surface area contributed by atoms with Crippen LogP contribution in [0.25, 0.3) is 11.2 Å². The average molecular weight is 700 g/mol. The molecule has 47 heavy (non-hydrogen) atoms. The van der Waals surface area contributed by atoms with Crippen molar-refractivity contribution in [2.75, 3.05) is 11.9 Å². The summed E-state index contributed by atoms with van der Waals surface area (Å²) in [4.78, 5) is 14.1. The summed E-state index contributed by atoms with van der Waals surface area (Å²) in [6.07, 6.45) is 1.83. The molecule has 1 aliphatic rings. The third kappa shape index (κ3) is 8.11. The first-order valence-corrected chi connectivity index (χ1v) is 25.7. The average Bonchev–Trinajstić information content (AvgIpc) is 3.48. The Labute approximate surface area is 287 Å². The highest BCUT2D eigenvalue weighted by Gasteiger charge is 2.55. The van der Waals surface area contributed by atoms with Gasteiger partial charge in [0.25, 0.3) is 0 Å². The monoisotopic (exact) mass is 699 g/mol. The smallest absolute Gasteiger partial charge is 0.192 e. The fourth-order valence-electron chi connectivity index (χ4n) is 4.78. The molecule has 1 aromatic carbocycles. The van der Waals surface area contributed by atoms with E-state index in [-0.39, 0.29) is 33.4 Å². The first-order chi connectivity index (χ1) is 21.3. The van der Waals surface area contributed by atoms with Crippen LogP contribution >= 0.6 is 0 Å². The molecule has 1 aliphatic heterocycles. The van der Waals surface area contributed by atoms with Crippen LogP contribution in [-0.2, 0) is 18.0 Å². The molecule has 1 N–H and O–H groups in total. The Kier molecular flexibility index (Phi) is 10.5. The van der Waals surface area contributed by atoms with E-state index in [0.29, 0.717) is 23.6 Å². The minimum Gasteiger partial charge on any atom is -0.414 e. The highest BCUT2D eigenvalue weighted by molar-refractivity contribution is 6.75. The van der Waals surface area contributed by atoms with Gasteiger partial charge in [-0.3, -0.25) is 4.57 Å². The van der Waals surface area contributed by atoms with Crippen LogP contribution in [-0.4, -0.2) is 69.4 Å². The van der Waals surface area contributed by atoms with E-state index >= 15 is 0 Å². The summed E-state index contributed by atoms with van der Waals surface area (Å²) in [5.41, 5.74) is 3.48. The minimum absolute atomic E-state index is 0.00290. The Morgan fingerprint density at radius 3 is 1.81 bits per heavy atom. The maximum atomic E-state index is 7.35. The van der Waals surface area contributed by atoms with Crippen molar-refractivity contribution in [2.24, 2.45) is 0 Å². The second-order valence-corrected chi connectivity index (χ2v) is 32.2. The van der Waals surface area contributed by atoms with E-state index in [0.717, 1.165) is 5.69 Å². The molecule has 3 aromatic rings. The zero-order valence-corrected chi connectivity index (χ0v) is 34.9. The first-order valence-electron chi connectivity index (χ1n) is 17.0. The second-order valence-electron chi connectivity index (χ2n) is 17.9. The van der Waals surface area contributed by atoms with Crippen LogP contribution in [0.1, 0.15) is 74.1 Å². The second kappa shape index (κ2) is 13.1. The Hall–Kier alpha value is -1.94. The van der Waals surface area contributed by atoms with Crippen LogP contribution in [0.4, 0.5) is 11.5 Å². The molecule has 1 fully saturated rings. The van der Waals surface area contributed by atoms with Gasteiger partial charge in [0.2, 0.25) is 0 Å². The van der Waals surface area contributed by atoms with Crippen LogP contribution in [0.5, 0.6) is 0 Å². The number of anilines is 2. The van der Waals surface area contributed by atoms with E-state index in [1.807, 2.05) is 23.0 Å². The number of nitrogens with one attached hydrogen (secondary N) is 1. The predicted octanol–water partition coefficient (Wildman–Crippen LogP) is 9.58. The topological polar surface area (TPSA) is 92.6 Å². The fraction of sp³-hybridized carbons (Fsp3) is 0.686. The Morgan fingerprint density at radius 2 is 1.28 bits per heavy atom. The number of ether oxygens (including phenoxy) is 1. The maximum absolute atomic E-state index is 7.35. The zero-order chi connectivity index (χ0) is 35.4. The summed E-state index contributed by atoms with van der Waals surface area (Å²) < 4.78 is 30.6. The van der Waals surface area contributed by atoms with E-state index in [9.17, 15) is 0 Å². The maximum Gasteiger partial charge on any atom is 0.192 e. The van der Waals surface area contributed by atoms with Gasteiger partial charge in [0.05, 0.1) is 12.9 Å². The summed E-state index contributed by atoms with van der Waals surface area (Å²) in [7, 11) is -6.64. The van der Waals surface area contributed by atoms with E-state index in [1.54, 1.807) is 6.33 Å². The Morgan fingerprint density at radius 1 is 0.745 bits per heavy atom. The zero-order valence-electron chi connectivity index (χ0n) is 31.9. The summed E-state index contributed by atoms with van der Waals surface area (Å²) in [5.74, 6) is 0.643. The van der Waals surface area contributed by atoms with Gasteiger partial charge < -0.3 is 23.3 Å². The van der Waals surface area contributed by atoms with Crippen molar-refractivity contribution in [1.29, 1.82) is 0 Å². The molecule has 262 valence electrons. The van der Waals surface area contributed by atoms with E-state index in [1.165, 1.54) is 5.56 Å². The predicted molar refractivity (Wildman–Crippen MR) is 201 cm³/mol. The Balaban J connectivity index is 1.82. The van der Waals surface area contributed by atoms with Crippen LogP contribution in [0, 0.1) is 6.92 Å². The number of nitrogens with zero attached hydrogens (tertiary/aromatic N) is 4. The van der Waals surface area contributed by atoms with Crippen molar-refractivity contribution in [2.45, 2.75) is 148 Å². The molecular weight excluding hydrogens is 639 g/mol. The van der Waals surface area contributed by atoms with E-state index in [2.05, 4.69) is 131 Å². The summed E-state index contributed by atoms with van der Waals surface area (Å²) in [6.45, 7) is 36.7. The van der Waals surface area contributed by atoms with Crippen molar-refractivity contribution >= 4 is 47.6 Å². The molecule has 4 rings (SSSR count). The summed E-state index contributed by atoms with van der Waals surface area (Å²) in [6, 6.07) is 8.23. The number of rotatable bonds is 10. The first kappa shape index (κ1) is 37.9. The van der Waals surface area contributed by atoms with E-state index in [4.69, 9.17) is 28.0 Å². The number of benzene rings is 1. The molecule has 0 aliphatic carbocycles. The number of aromatic nitrogens is 4. The number of imidazole rings is 1. The van der Waals surface area contributed by atoms with Gasteiger partial charge in [-0.25, -0.2) is 15.0 Å². The SMILES string of the molecule is Cc1ccc(Nc2ncnc3c2ncn3[C@@H]2O[C@H](CO[Si](C)(C)C(C)(C)C)[C@@H](O[Si](C)(C)C(C)(C)C)[C@H]2O[Si](C)(C)C(C)(C)C)cc1. The molecule has 0 amide bonds. The molecular formula is C35H61N5O4Si3. The molecule has 0 bridgehead atoms. The summed E-state index contributed by atoms with van der Waals surface area (Å²) in [5, 5.41) is 3.49. The lowest BCUT2D eigenvalue weighted by Crippen LogP contribution is -2.54. The normalized spacial score (nSPS) is 21.9. The number of fused-ring (bicyclic) bond motifs is 1. The molecule has 3 heterocycles. The van der Waals surface area contributed by atoms with Crippen molar-refractivity contribution in [3.05, 3.63) is 42.5 Å². The lowest BCUT2D eigenvalue weighted by Gasteiger charge is -2.44. The van der Waals surface area contributed by atoms with Crippen molar-refractivity contribution in [3.63, 3.8) is 0 Å². The lowest BCUT2D eigenvalue weighted by atomic mass is 10.1. The quantitative estimate of drug-likeness (QED) is 0.209. The molecule has 9 nitrogen and oxygen atoms in total. The van der Waals surface area contributed by atoms with Crippen LogP contribution in [0.3, 0.4) is 0 Å². The molecule has 0 saturated carbocycles. The van der Waals surface area contributed by atoms with Gasteiger partial charge >= 0.3 is 0 Å². The molecule has 12 heteroatoms. The van der Waals surface area contributed by atoms with Gasteiger partial charge in [-0.05, 0) is 73.5 Å². The third-order valence-corrected chi connectivity index (χ3v) is 24.6. The van der Waals surface area contributed by atoms with Crippen LogP contribution < -0.4 is 5.32 Å². The van der Waals surface area contributed by atoms with Gasteiger partial charge in [-0.15, -0.1) is 0 Å². The Bertz CT molecular complexity index is 1520. The number of hydrogen-bond acceptors (Lipinski definition) is 8. The van der Waals surface area contributed by atoms with Gasteiger partial charge in [-0.2, -0.15) is 0 Å². The van der Waals surface area contributed by atoms with Gasteiger partial charge in [0.1, 0.15) is 24.6 Å². The largest absolute Gasteiger partial charge is 0.414 e. The summed E-state index contributed by atoms with van der Waals surface area (Å²) >= 11 is 0. The fourth-order valence-corrected chi connectivity index (χ4v) is 8.40. The highest BCUT2D eigenvalue weighted by Crippen LogP contribution is 2.47. The van der Waals surface area contributed by atoms with Crippen molar-refractivity contribution in [3.8, 4) is 0 Å². The van der Waals surface area contributed by atoms with Crippen LogP contribution in [0.2, 0.25) is 54.4 Å². The standard InChI is InChI=1S/C35H61N5O4Si3/c1-24-17-19-25(20-18-24)39-30-27-31(37-22-36-30)40(23-38-27)32-29(44-47(15,16)35(8,9)10)28(43-46(13,14)34(5,6)7)26(42-32)21-41-45(11,12)33(2,3)4/h17-20,22-23,26,28-29,32H,21H2,1-16H3,(H,36,37,39)/t26-,28-,29-,32-/m1/s1. The van der Waals surface area contributed by atoms with Gasteiger partial charge in [-0.1, -0.05) is 80.0 Å². The number of aryl methyl sites for hydroxylation is 1. The van der Waals surface area contributed by atoms with Crippen LogP contribution in [0.15, 0.2) is 36.9 Å². The van der Waals surface area contributed by atoms with Gasteiger partial charge in [0, 0.05) is 5.69 Å².